The Hall–Kier alpha value is -1.15. The van der Waals surface area contributed by atoms with Crippen LogP contribution in [0.25, 0.3) is 0 Å². The number of alkyl halides is 3. The zero-order chi connectivity index (χ0) is 12.0. The second-order valence-electron chi connectivity index (χ2n) is 3.26. The highest BCUT2D eigenvalue weighted by Crippen LogP contribution is 2.17. The Labute approximate surface area is 90.6 Å². The fourth-order valence-electron chi connectivity index (χ4n) is 1.19. The summed E-state index contributed by atoms with van der Waals surface area (Å²) in [6.07, 6.45) is -3.06. The predicted molar refractivity (Wildman–Crippen MR) is 49.6 cm³/mol. The number of nitrogens with zero attached hydrogens (tertiary/aromatic N) is 3. The van der Waals surface area contributed by atoms with Gasteiger partial charge in [0.05, 0.1) is 13.1 Å². The molecule has 16 heavy (non-hydrogen) atoms. The van der Waals surface area contributed by atoms with Crippen molar-refractivity contribution < 1.29 is 17.7 Å². The molecule has 1 N–H and O–H groups in total. The summed E-state index contributed by atoms with van der Waals surface area (Å²) in [5.74, 6) is 0.181. The molecule has 1 aromatic rings. The monoisotopic (exact) mass is 238 g/mol. The van der Waals surface area contributed by atoms with Gasteiger partial charge in [0.2, 0.25) is 5.89 Å². The van der Waals surface area contributed by atoms with E-state index < -0.39 is 12.7 Å². The zero-order valence-corrected chi connectivity index (χ0v) is 8.79. The van der Waals surface area contributed by atoms with E-state index in [0.717, 1.165) is 0 Å². The predicted octanol–water partition coefficient (Wildman–Crippen LogP) is 0.653. The molecule has 0 spiro atoms. The standard InChI is InChI=1S/C8H13F3N4O/c1-12-2-3-15(5-8(9,10)11)4-7-13-6-14-16-7/h6,12H,2-5H2,1H3. The van der Waals surface area contributed by atoms with E-state index >= 15 is 0 Å². The normalized spacial score (nSPS) is 12.3. The lowest BCUT2D eigenvalue weighted by Gasteiger charge is -2.21. The van der Waals surface area contributed by atoms with E-state index in [1.807, 2.05) is 0 Å². The fourth-order valence-corrected chi connectivity index (χ4v) is 1.19. The summed E-state index contributed by atoms with van der Waals surface area (Å²) < 4.78 is 41.4. The summed E-state index contributed by atoms with van der Waals surface area (Å²) in [5.41, 5.74) is 0. The molecule has 0 bridgehead atoms. The van der Waals surface area contributed by atoms with Gasteiger partial charge in [0.15, 0.2) is 6.33 Å². The van der Waals surface area contributed by atoms with Crippen molar-refractivity contribution in [1.29, 1.82) is 0 Å². The minimum Gasteiger partial charge on any atom is -0.338 e. The molecule has 0 fully saturated rings. The molecule has 0 aliphatic carbocycles. The minimum atomic E-state index is -4.23. The number of hydrogen-bond donors (Lipinski definition) is 1. The molecule has 5 nitrogen and oxygen atoms in total. The molecule has 0 aromatic carbocycles. The zero-order valence-electron chi connectivity index (χ0n) is 8.79. The number of aromatic nitrogens is 2. The van der Waals surface area contributed by atoms with Gasteiger partial charge in [0.1, 0.15) is 0 Å². The van der Waals surface area contributed by atoms with Crippen molar-refractivity contribution >= 4 is 0 Å². The number of nitrogens with one attached hydrogen (secondary N) is 1. The molecule has 0 atom stereocenters. The van der Waals surface area contributed by atoms with Crippen LogP contribution in [0, 0.1) is 0 Å². The van der Waals surface area contributed by atoms with Crippen molar-refractivity contribution in [3.63, 3.8) is 0 Å². The molecule has 0 unspecified atom stereocenters. The van der Waals surface area contributed by atoms with Gasteiger partial charge in [-0.25, -0.2) is 0 Å². The second-order valence-corrected chi connectivity index (χ2v) is 3.26. The van der Waals surface area contributed by atoms with Gasteiger partial charge in [-0.05, 0) is 7.05 Å². The maximum Gasteiger partial charge on any atom is 0.401 e. The van der Waals surface area contributed by atoms with Crippen molar-refractivity contribution in [2.24, 2.45) is 0 Å². The molecule has 0 aliphatic rings. The van der Waals surface area contributed by atoms with Crippen LogP contribution in [0.5, 0.6) is 0 Å². The minimum absolute atomic E-state index is 0.00118. The average Bonchev–Trinajstić information content (AvgIpc) is 2.64. The maximum atomic E-state index is 12.2. The van der Waals surface area contributed by atoms with Crippen LogP contribution in [0.15, 0.2) is 10.9 Å². The Balaban J connectivity index is 2.50. The van der Waals surface area contributed by atoms with Gasteiger partial charge in [-0.3, -0.25) is 4.90 Å². The Morgan fingerprint density at radius 3 is 2.75 bits per heavy atom. The van der Waals surface area contributed by atoms with Gasteiger partial charge in [-0.15, -0.1) is 0 Å². The van der Waals surface area contributed by atoms with Gasteiger partial charge in [-0.2, -0.15) is 18.2 Å². The summed E-state index contributed by atoms with van der Waals surface area (Å²) >= 11 is 0. The van der Waals surface area contributed by atoms with E-state index in [9.17, 15) is 13.2 Å². The van der Waals surface area contributed by atoms with E-state index in [4.69, 9.17) is 0 Å². The molecule has 0 saturated carbocycles. The number of halogens is 3. The van der Waals surface area contributed by atoms with Crippen LogP contribution in [0.4, 0.5) is 13.2 Å². The Morgan fingerprint density at radius 2 is 2.25 bits per heavy atom. The average molecular weight is 238 g/mol. The van der Waals surface area contributed by atoms with E-state index in [2.05, 4.69) is 20.0 Å². The second kappa shape index (κ2) is 5.80. The molecule has 0 radical (unpaired) electrons. The Morgan fingerprint density at radius 1 is 1.50 bits per heavy atom. The van der Waals surface area contributed by atoms with Crippen LogP contribution >= 0.6 is 0 Å². The largest absolute Gasteiger partial charge is 0.401 e. The van der Waals surface area contributed by atoms with E-state index in [-0.39, 0.29) is 19.0 Å². The first kappa shape index (κ1) is 12.9. The van der Waals surface area contributed by atoms with Crippen molar-refractivity contribution in [2.75, 3.05) is 26.7 Å². The number of rotatable bonds is 6. The summed E-state index contributed by atoms with van der Waals surface area (Å²) in [5, 5.41) is 6.13. The molecule has 8 heteroatoms. The molecule has 0 saturated heterocycles. The quantitative estimate of drug-likeness (QED) is 0.788. The lowest BCUT2D eigenvalue weighted by atomic mass is 10.4. The summed E-state index contributed by atoms with van der Waals surface area (Å²) in [6.45, 7) is -0.263. The van der Waals surface area contributed by atoms with E-state index in [0.29, 0.717) is 6.54 Å². The van der Waals surface area contributed by atoms with Crippen LogP contribution in [-0.4, -0.2) is 47.9 Å². The summed E-state index contributed by atoms with van der Waals surface area (Å²) in [7, 11) is 1.68. The van der Waals surface area contributed by atoms with Gasteiger partial charge in [0.25, 0.3) is 0 Å². The fraction of sp³-hybridized carbons (Fsp3) is 0.750. The highest BCUT2D eigenvalue weighted by Gasteiger charge is 2.31. The molecular formula is C8H13F3N4O. The summed E-state index contributed by atoms with van der Waals surface area (Å²) in [6, 6.07) is 0. The first-order valence-corrected chi connectivity index (χ1v) is 4.70. The van der Waals surface area contributed by atoms with Crippen molar-refractivity contribution in [3.05, 3.63) is 12.2 Å². The van der Waals surface area contributed by atoms with Gasteiger partial charge < -0.3 is 9.84 Å². The van der Waals surface area contributed by atoms with Crippen molar-refractivity contribution in [1.82, 2.24) is 20.4 Å². The first-order valence-electron chi connectivity index (χ1n) is 4.70. The van der Waals surface area contributed by atoms with E-state index in [1.165, 1.54) is 11.2 Å². The van der Waals surface area contributed by atoms with Crippen LogP contribution < -0.4 is 5.32 Å². The highest BCUT2D eigenvalue weighted by molar-refractivity contribution is 4.76. The molecule has 1 aromatic heterocycles. The Bertz CT molecular complexity index is 288. The maximum absolute atomic E-state index is 12.2. The molecule has 1 rings (SSSR count). The van der Waals surface area contributed by atoms with Gasteiger partial charge >= 0.3 is 6.18 Å². The lowest BCUT2D eigenvalue weighted by molar-refractivity contribution is -0.147. The topological polar surface area (TPSA) is 54.2 Å². The van der Waals surface area contributed by atoms with Gasteiger partial charge in [-0.1, -0.05) is 5.16 Å². The smallest absolute Gasteiger partial charge is 0.338 e. The third kappa shape index (κ3) is 5.08. The highest BCUT2D eigenvalue weighted by atomic mass is 19.4. The lowest BCUT2D eigenvalue weighted by Crippen LogP contribution is -2.37. The SMILES string of the molecule is CNCCN(Cc1ncno1)CC(F)(F)F. The molecular weight excluding hydrogens is 225 g/mol. The Kier molecular flexibility index (Phi) is 4.69. The third-order valence-corrected chi connectivity index (χ3v) is 1.85. The van der Waals surface area contributed by atoms with Crippen molar-refractivity contribution in [3.8, 4) is 0 Å². The third-order valence-electron chi connectivity index (χ3n) is 1.85. The van der Waals surface area contributed by atoms with Gasteiger partial charge in [0, 0.05) is 13.1 Å². The van der Waals surface area contributed by atoms with Crippen LogP contribution in [0.1, 0.15) is 5.89 Å². The van der Waals surface area contributed by atoms with E-state index in [1.54, 1.807) is 7.05 Å². The number of hydrogen-bond acceptors (Lipinski definition) is 5. The first-order chi connectivity index (χ1) is 7.51. The van der Waals surface area contributed by atoms with Crippen LogP contribution in [-0.2, 0) is 6.54 Å². The molecule has 0 aliphatic heterocycles. The molecule has 1 heterocycles. The molecule has 0 amide bonds. The molecule has 92 valence electrons. The van der Waals surface area contributed by atoms with Crippen LogP contribution in [0.3, 0.4) is 0 Å². The van der Waals surface area contributed by atoms with Crippen LogP contribution in [0.2, 0.25) is 0 Å². The van der Waals surface area contributed by atoms with Crippen molar-refractivity contribution in [2.45, 2.75) is 12.7 Å². The number of likely N-dealkylation sites (N-methyl/N-ethyl adjacent to an activating group) is 1. The summed E-state index contributed by atoms with van der Waals surface area (Å²) in [4.78, 5) is 4.89.